The number of nitriles is 1. The van der Waals surface area contributed by atoms with Gasteiger partial charge in [0.2, 0.25) is 5.69 Å². The minimum Gasteiger partial charge on any atom is -0.454 e. The third kappa shape index (κ3) is 3.92. The van der Waals surface area contributed by atoms with Crippen LogP contribution >= 0.6 is 0 Å². The van der Waals surface area contributed by atoms with E-state index in [4.69, 9.17) is 4.42 Å². The number of hydrogen-bond donors (Lipinski definition) is 0. The molecule has 6 aromatic rings. The first-order chi connectivity index (χ1) is 18.8. The van der Waals surface area contributed by atoms with Gasteiger partial charge < -0.3 is 4.42 Å². The zero-order valence-corrected chi connectivity index (χ0v) is 23.0. The van der Waals surface area contributed by atoms with Gasteiger partial charge in [0.1, 0.15) is 18.2 Å². The molecular formula is C36H31N2O+. The van der Waals surface area contributed by atoms with E-state index in [1.165, 1.54) is 11.1 Å². The van der Waals surface area contributed by atoms with E-state index in [1.807, 2.05) is 18.2 Å². The van der Waals surface area contributed by atoms with Crippen molar-refractivity contribution < 1.29 is 8.98 Å². The van der Waals surface area contributed by atoms with E-state index >= 15 is 0 Å². The van der Waals surface area contributed by atoms with Crippen LogP contribution in [0.2, 0.25) is 0 Å². The van der Waals surface area contributed by atoms with Gasteiger partial charge in [0.15, 0.2) is 6.20 Å². The van der Waals surface area contributed by atoms with E-state index < -0.39 is 0 Å². The highest BCUT2D eigenvalue weighted by Crippen LogP contribution is 2.43. The number of fused-ring (bicyclic) bond motifs is 3. The topological polar surface area (TPSA) is 40.8 Å². The highest BCUT2D eigenvalue weighted by molar-refractivity contribution is 6.14. The standard InChI is InChI=1S/C36H31N2O/c1-23-14-17-29-30-18-15-25(22-37)33(35(30)39-34(29)32(23)31-13-9-10-20-38(31)5)28-19-16-27(21-24(28)2)36(3,4)26-11-7-6-8-12-26/h6-21H,1-5H3/q+1. The molecule has 0 aliphatic rings. The normalized spacial score (nSPS) is 11.7. The van der Waals surface area contributed by atoms with Gasteiger partial charge in [-0.15, -0.1) is 0 Å². The Morgan fingerprint density at radius 3 is 2.10 bits per heavy atom. The molecule has 0 spiro atoms. The van der Waals surface area contributed by atoms with Crippen molar-refractivity contribution in [3.8, 4) is 28.5 Å². The lowest BCUT2D eigenvalue weighted by molar-refractivity contribution is -0.660. The van der Waals surface area contributed by atoms with Crippen LogP contribution in [0.1, 0.15) is 41.7 Å². The molecular weight excluding hydrogens is 476 g/mol. The van der Waals surface area contributed by atoms with E-state index in [0.29, 0.717) is 5.56 Å². The monoisotopic (exact) mass is 507 g/mol. The summed E-state index contributed by atoms with van der Waals surface area (Å²) in [7, 11) is 2.05. The number of nitrogens with zero attached hydrogens (tertiary/aromatic N) is 2. The second-order valence-corrected chi connectivity index (χ2v) is 10.9. The van der Waals surface area contributed by atoms with Gasteiger partial charge in [0, 0.05) is 33.9 Å². The van der Waals surface area contributed by atoms with Crippen LogP contribution in [0.3, 0.4) is 0 Å². The van der Waals surface area contributed by atoms with Gasteiger partial charge in [-0.05, 0) is 59.9 Å². The number of rotatable bonds is 4. The lowest BCUT2D eigenvalue weighted by Crippen LogP contribution is -2.30. The Balaban J connectivity index is 1.60. The smallest absolute Gasteiger partial charge is 0.216 e. The molecule has 0 bridgehead atoms. The average molecular weight is 508 g/mol. The fourth-order valence-electron chi connectivity index (χ4n) is 5.82. The summed E-state index contributed by atoms with van der Waals surface area (Å²) >= 11 is 0. The number of aromatic nitrogens is 1. The molecule has 6 rings (SSSR count). The van der Waals surface area contributed by atoms with Gasteiger partial charge >= 0.3 is 0 Å². The van der Waals surface area contributed by atoms with Crippen LogP contribution in [-0.2, 0) is 12.5 Å². The van der Waals surface area contributed by atoms with Crippen LogP contribution in [-0.4, -0.2) is 0 Å². The van der Waals surface area contributed by atoms with Gasteiger partial charge in [-0.2, -0.15) is 5.26 Å². The van der Waals surface area contributed by atoms with Crippen molar-refractivity contribution in [1.82, 2.24) is 0 Å². The summed E-state index contributed by atoms with van der Waals surface area (Å²) in [5, 5.41) is 12.2. The molecule has 0 aliphatic carbocycles. The lowest BCUT2D eigenvalue weighted by atomic mass is 9.77. The Hall–Kier alpha value is -4.68. The molecule has 2 aromatic heterocycles. The first kappa shape index (κ1) is 24.6. The molecule has 3 heteroatoms. The van der Waals surface area contributed by atoms with Crippen molar-refractivity contribution >= 4 is 21.9 Å². The molecule has 0 fully saturated rings. The molecule has 0 radical (unpaired) electrons. The zero-order valence-electron chi connectivity index (χ0n) is 23.0. The minimum atomic E-state index is -0.147. The van der Waals surface area contributed by atoms with Crippen molar-refractivity contribution in [3.63, 3.8) is 0 Å². The number of furan rings is 1. The Morgan fingerprint density at radius 1 is 0.718 bits per heavy atom. The van der Waals surface area contributed by atoms with Crippen LogP contribution in [0.4, 0.5) is 0 Å². The van der Waals surface area contributed by atoms with Crippen molar-refractivity contribution in [1.29, 1.82) is 5.26 Å². The maximum absolute atomic E-state index is 10.2. The van der Waals surface area contributed by atoms with E-state index in [2.05, 4.69) is 124 Å². The summed E-state index contributed by atoms with van der Waals surface area (Å²) in [6, 6.07) is 34.1. The van der Waals surface area contributed by atoms with Crippen molar-refractivity contribution in [2.24, 2.45) is 7.05 Å². The highest BCUT2D eigenvalue weighted by atomic mass is 16.3. The predicted molar refractivity (Wildman–Crippen MR) is 159 cm³/mol. The molecule has 190 valence electrons. The van der Waals surface area contributed by atoms with Crippen LogP contribution in [0.25, 0.3) is 44.3 Å². The summed E-state index contributed by atoms with van der Waals surface area (Å²) < 4.78 is 8.88. The maximum atomic E-state index is 10.2. The second-order valence-electron chi connectivity index (χ2n) is 10.9. The Kier molecular flexibility index (Phi) is 5.85. The van der Waals surface area contributed by atoms with E-state index in [-0.39, 0.29) is 5.41 Å². The number of pyridine rings is 1. The first-order valence-electron chi connectivity index (χ1n) is 13.3. The van der Waals surface area contributed by atoms with E-state index in [9.17, 15) is 5.26 Å². The quantitative estimate of drug-likeness (QED) is 0.224. The summed E-state index contributed by atoms with van der Waals surface area (Å²) in [4.78, 5) is 0. The van der Waals surface area contributed by atoms with Crippen LogP contribution < -0.4 is 4.57 Å². The zero-order chi connectivity index (χ0) is 27.3. The SMILES string of the molecule is Cc1cc(C(C)(C)c2ccccc2)ccc1-c1c(C#N)ccc2c1oc1c(-c3cccc[n+]3C)c(C)ccc12. The van der Waals surface area contributed by atoms with E-state index in [1.54, 1.807) is 0 Å². The third-order valence-corrected chi connectivity index (χ3v) is 8.16. The minimum absolute atomic E-state index is 0.147. The van der Waals surface area contributed by atoms with Gasteiger partial charge in [0.05, 0.1) is 17.2 Å². The first-order valence-corrected chi connectivity index (χ1v) is 13.3. The Labute approximate surface area is 229 Å². The van der Waals surface area contributed by atoms with Crippen LogP contribution in [0, 0.1) is 25.2 Å². The lowest BCUT2D eigenvalue weighted by Gasteiger charge is -2.27. The van der Waals surface area contributed by atoms with Crippen LogP contribution in [0.5, 0.6) is 0 Å². The number of benzene rings is 4. The summed E-state index contributed by atoms with van der Waals surface area (Å²) in [5.41, 5.74) is 10.9. The molecule has 0 aliphatic heterocycles. The largest absolute Gasteiger partial charge is 0.454 e. The molecule has 0 amide bonds. The highest BCUT2D eigenvalue weighted by Gasteiger charge is 2.26. The van der Waals surface area contributed by atoms with Gasteiger partial charge in [-0.25, -0.2) is 4.57 Å². The number of aryl methyl sites for hydroxylation is 3. The summed E-state index contributed by atoms with van der Waals surface area (Å²) in [6.45, 7) is 8.76. The fourth-order valence-corrected chi connectivity index (χ4v) is 5.82. The van der Waals surface area contributed by atoms with E-state index in [0.717, 1.165) is 55.4 Å². The molecule has 0 atom stereocenters. The third-order valence-electron chi connectivity index (χ3n) is 8.16. The molecule has 39 heavy (non-hydrogen) atoms. The fraction of sp³-hybridized carbons (Fsp3) is 0.167. The Morgan fingerprint density at radius 2 is 1.41 bits per heavy atom. The van der Waals surface area contributed by atoms with Gasteiger partial charge in [-0.1, -0.05) is 74.5 Å². The Bertz CT molecular complexity index is 1920. The van der Waals surface area contributed by atoms with Gasteiger partial charge in [0.25, 0.3) is 0 Å². The average Bonchev–Trinajstić information content (AvgIpc) is 3.32. The van der Waals surface area contributed by atoms with Gasteiger partial charge in [-0.3, -0.25) is 0 Å². The predicted octanol–water partition coefficient (Wildman–Crippen LogP) is 8.56. The van der Waals surface area contributed by atoms with Crippen LogP contribution in [0.15, 0.2) is 102 Å². The summed E-state index contributed by atoms with van der Waals surface area (Å²) in [5.74, 6) is 0. The number of hydrogen-bond acceptors (Lipinski definition) is 2. The molecule has 2 heterocycles. The van der Waals surface area contributed by atoms with Crippen molar-refractivity contribution in [2.75, 3.05) is 0 Å². The van der Waals surface area contributed by atoms with Crippen molar-refractivity contribution in [3.05, 3.63) is 125 Å². The summed E-state index contributed by atoms with van der Waals surface area (Å²) in [6.07, 6.45) is 2.05. The molecule has 0 N–H and O–H groups in total. The molecule has 3 nitrogen and oxygen atoms in total. The maximum Gasteiger partial charge on any atom is 0.216 e. The molecule has 0 unspecified atom stereocenters. The van der Waals surface area contributed by atoms with Crippen molar-refractivity contribution in [2.45, 2.75) is 33.1 Å². The molecule has 0 saturated carbocycles. The molecule has 0 saturated heterocycles. The second kappa shape index (κ2) is 9.26. The molecule has 4 aromatic carbocycles.